The highest BCUT2D eigenvalue weighted by atomic mass is 19.4. The van der Waals surface area contributed by atoms with Crippen LogP contribution in [0, 0.1) is 0 Å². The Labute approximate surface area is 117 Å². The zero-order valence-electron chi connectivity index (χ0n) is 11.9. The van der Waals surface area contributed by atoms with E-state index in [1.54, 1.807) is 0 Å². The Morgan fingerprint density at radius 2 is 2.05 bits per heavy atom. The second-order valence-electron chi connectivity index (χ2n) is 4.67. The highest BCUT2D eigenvalue weighted by Crippen LogP contribution is 2.15. The summed E-state index contributed by atoms with van der Waals surface area (Å²) in [4.78, 5) is 12.3. The van der Waals surface area contributed by atoms with Gasteiger partial charge in [0.15, 0.2) is 0 Å². The Kier molecular flexibility index (Phi) is 9.52. The lowest BCUT2D eigenvalue weighted by Gasteiger charge is -2.22. The van der Waals surface area contributed by atoms with Crippen LogP contribution in [0.1, 0.15) is 20.3 Å². The topological polar surface area (TPSA) is 61.8 Å². The van der Waals surface area contributed by atoms with E-state index in [9.17, 15) is 18.0 Å². The summed E-state index contributed by atoms with van der Waals surface area (Å²) in [5, 5.41) is 11.2. The van der Waals surface area contributed by atoms with Crippen molar-refractivity contribution in [2.45, 2.75) is 32.5 Å². The van der Waals surface area contributed by atoms with Gasteiger partial charge in [-0.05, 0) is 20.3 Å². The summed E-state index contributed by atoms with van der Waals surface area (Å²) in [6.45, 7) is 2.41. The molecule has 0 aromatic carbocycles. The van der Waals surface area contributed by atoms with Gasteiger partial charge in [0.25, 0.3) is 0 Å². The molecular weight excluding hydrogens is 277 g/mol. The van der Waals surface area contributed by atoms with Crippen molar-refractivity contribution >= 4 is 5.91 Å². The van der Waals surface area contributed by atoms with Gasteiger partial charge in [0, 0.05) is 19.7 Å². The summed E-state index contributed by atoms with van der Waals surface area (Å²) in [6, 6.07) is 0. The summed E-state index contributed by atoms with van der Waals surface area (Å²) in [7, 11) is 0. The summed E-state index contributed by atoms with van der Waals surface area (Å²) in [5.41, 5.74) is 0. The first-order chi connectivity index (χ1) is 9.24. The molecule has 1 amide bonds. The standard InChI is InChI=1S/C12H23F3N2O3/c1-10(2)20-7-3-4-16-11(19)8-17(5-6-18)9-12(13,14)15/h10,18H,3-9H2,1-2H3,(H,16,19). The molecule has 0 saturated carbocycles. The first kappa shape index (κ1) is 19.1. The number of hydrogen-bond donors (Lipinski definition) is 2. The number of hydrogen-bond acceptors (Lipinski definition) is 4. The molecule has 120 valence electrons. The largest absolute Gasteiger partial charge is 0.401 e. The Bertz CT molecular complexity index is 273. The van der Waals surface area contributed by atoms with Crippen LogP contribution in [0.5, 0.6) is 0 Å². The molecule has 0 spiro atoms. The SMILES string of the molecule is CC(C)OCCCNC(=O)CN(CCO)CC(F)(F)F. The predicted molar refractivity (Wildman–Crippen MR) is 68.3 cm³/mol. The van der Waals surface area contributed by atoms with Crippen LogP contribution in [0.25, 0.3) is 0 Å². The van der Waals surface area contributed by atoms with Crippen LogP contribution >= 0.6 is 0 Å². The minimum absolute atomic E-state index is 0.109. The number of rotatable bonds is 10. The third-order valence-electron chi connectivity index (χ3n) is 2.28. The maximum atomic E-state index is 12.2. The number of nitrogens with zero attached hydrogens (tertiary/aromatic N) is 1. The number of aliphatic hydroxyl groups is 1. The lowest BCUT2D eigenvalue weighted by Crippen LogP contribution is -2.43. The molecule has 0 radical (unpaired) electrons. The number of alkyl halides is 3. The summed E-state index contributed by atoms with van der Waals surface area (Å²) in [5.74, 6) is -0.493. The van der Waals surface area contributed by atoms with Crippen molar-refractivity contribution in [1.29, 1.82) is 0 Å². The maximum Gasteiger partial charge on any atom is 0.401 e. The highest BCUT2D eigenvalue weighted by molar-refractivity contribution is 5.77. The molecule has 0 aromatic heterocycles. The van der Waals surface area contributed by atoms with Crippen LogP contribution in [0.15, 0.2) is 0 Å². The number of amides is 1. The fraction of sp³-hybridized carbons (Fsp3) is 0.917. The van der Waals surface area contributed by atoms with Crippen molar-refractivity contribution in [1.82, 2.24) is 10.2 Å². The summed E-state index contributed by atoms with van der Waals surface area (Å²) in [6.07, 6.45) is -3.68. The Morgan fingerprint density at radius 1 is 1.40 bits per heavy atom. The van der Waals surface area contributed by atoms with Crippen molar-refractivity contribution in [2.75, 3.05) is 39.4 Å². The molecule has 20 heavy (non-hydrogen) atoms. The number of carbonyl (C=O) groups excluding carboxylic acids is 1. The molecule has 0 aliphatic carbocycles. The lowest BCUT2D eigenvalue weighted by atomic mass is 10.4. The van der Waals surface area contributed by atoms with E-state index in [1.807, 2.05) is 13.8 Å². The molecule has 0 bridgehead atoms. The summed E-state index contributed by atoms with van der Waals surface area (Å²) >= 11 is 0. The normalized spacial score (nSPS) is 12.2. The molecule has 5 nitrogen and oxygen atoms in total. The van der Waals surface area contributed by atoms with E-state index in [4.69, 9.17) is 9.84 Å². The summed E-state index contributed by atoms with van der Waals surface area (Å²) < 4.78 is 42.0. The number of halogens is 3. The van der Waals surface area contributed by atoms with E-state index in [-0.39, 0.29) is 19.2 Å². The fourth-order valence-electron chi connectivity index (χ4n) is 1.49. The Morgan fingerprint density at radius 3 is 2.55 bits per heavy atom. The zero-order valence-corrected chi connectivity index (χ0v) is 11.9. The fourth-order valence-corrected chi connectivity index (χ4v) is 1.49. The minimum Gasteiger partial charge on any atom is -0.395 e. The van der Waals surface area contributed by atoms with Crippen LogP contribution in [-0.2, 0) is 9.53 Å². The smallest absolute Gasteiger partial charge is 0.395 e. The van der Waals surface area contributed by atoms with Gasteiger partial charge < -0.3 is 15.2 Å². The molecule has 0 aliphatic rings. The zero-order chi connectivity index (χ0) is 15.6. The van der Waals surface area contributed by atoms with E-state index in [0.29, 0.717) is 19.6 Å². The van der Waals surface area contributed by atoms with Gasteiger partial charge >= 0.3 is 6.18 Å². The molecule has 0 fully saturated rings. The van der Waals surface area contributed by atoms with Gasteiger partial charge in [-0.25, -0.2) is 0 Å². The van der Waals surface area contributed by atoms with Crippen LogP contribution in [0.2, 0.25) is 0 Å². The molecule has 0 heterocycles. The van der Waals surface area contributed by atoms with Gasteiger partial charge in [0.1, 0.15) is 0 Å². The van der Waals surface area contributed by atoms with Crippen LogP contribution < -0.4 is 5.32 Å². The maximum absolute atomic E-state index is 12.2. The molecule has 0 saturated heterocycles. The van der Waals surface area contributed by atoms with E-state index in [2.05, 4.69) is 5.32 Å². The predicted octanol–water partition coefficient (Wildman–Crippen LogP) is 0.774. The molecule has 2 N–H and O–H groups in total. The van der Waals surface area contributed by atoms with Crippen molar-refractivity contribution < 1.29 is 27.8 Å². The van der Waals surface area contributed by atoms with E-state index >= 15 is 0 Å². The van der Waals surface area contributed by atoms with Gasteiger partial charge in [-0.2, -0.15) is 13.2 Å². The molecule has 0 unspecified atom stereocenters. The average Bonchev–Trinajstić information content (AvgIpc) is 2.26. The van der Waals surface area contributed by atoms with Crippen LogP contribution in [0.4, 0.5) is 13.2 Å². The highest BCUT2D eigenvalue weighted by Gasteiger charge is 2.31. The molecular formula is C12H23F3N2O3. The van der Waals surface area contributed by atoms with Gasteiger partial charge in [-0.1, -0.05) is 0 Å². The number of nitrogens with one attached hydrogen (secondary N) is 1. The Hall–Kier alpha value is -0.860. The van der Waals surface area contributed by atoms with Crippen molar-refractivity contribution in [3.63, 3.8) is 0 Å². The quantitative estimate of drug-likeness (QED) is 0.585. The monoisotopic (exact) mass is 300 g/mol. The number of aliphatic hydroxyl groups excluding tert-OH is 1. The lowest BCUT2D eigenvalue weighted by molar-refractivity contribution is -0.149. The van der Waals surface area contributed by atoms with Gasteiger partial charge in [0.2, 0.25) is 5.91 Å². The van der Waals surface area contributed by atoms with Crippen LogP contribution in [-0.4, -0.2) is 67.6 Å². The van der Waals surface area contributed by atoms with Gasteiger partial charge in [-0.15, -0.1) is 0 Å². The van der Waals surface area contributed by atoms with Gasteiger partial charge in [-0.3, -0.25) is 9.69 Å². The van der Waals surface area contributed by atoms with E-state index in [0.717, 1.165) is 4.90 Å². The molecule has 0 rings (SSSR count). The Balaban J connectivity index is 3.89. The van der Waals surface area contributed by atoms with Crippen molar-refractivity contribution in [3.8, 4) is 0 Å². The second kappa shape index (κ2) is 9.95. The molecule has 8 heteroatoms. The average molecular weight is 300 g/mol. The molecule has 0 aliphatic heterocycles. The van der Waals surface area contributed by atoms with Crippen molar-refractivity contribution in [2.24, 2.45) is 0 Å². The van der Waals surface area contributed by atoms with E-state index in [1.165, 1.54) is 0 Å². The van der Waals surface area contributed by atoms with Crippen LogP contribution in [0.3, 0.4) is 0 Å². The van der Waals surface area contributed by atoms with Gasteiger partial charge in [0.05, 0.1) is 25.8 Å². The molecule has 0 aromatic rings. The second-order valence-corrected chi connectivity index (χ2v) is 4.67. The molecule has 0 atom stereocenters. The first-order valence-corrected chi connectivity index (χ1v) is 6.53. The number of carbonyl (C=O) groups is 1. The van der Waals surface area contributed by atoms with E-state index < -0.39 is 25.2 Å². The third kappa shape index (κ3) is 12.2. The number of ether oxygens (including phenoxy) is 1. The first-order valence-electron chi connectivity index (χ1n) is 6.53. The minimum atomic E-state index is -4.39. The third-order valence-corrected chi connectivity index (χ3v) is 2.28. The van der Waals surface area contributed by atoms with Crippen molar-refractivity contribution in [3.05, 3.63) is 0 Å².